The van der Waals surface area contributed by atoms with E-state index in [1.54, 1.807) is 32.1 Å². The number of nitrogens with zero attached hydrogens (tertiary/aromatic N) is 3. The molecule has 1 aromatic rings. The SMILES string of the molecule is C#CCN(C)Cc1cc(N(C)C)c2c(c1O)C(=O)C1=C(O)[C@]3(O)C(=O)C(C(N)=O)=C(O)[C@@H](N(C)C)[C@@H]3C[C@@H]1C2. The molecule has 0 heterocycles. The molecule has 0 aromatic heterocycles. The van der Waals surface area contributed by atoms with Crippen LogP contribution in [0.15, 0.2) is 28.7 Å². The number of likely N-dealkylation sites (N-methyl/N-ethyl adjacent to an activating group) is 1. The average molecular weight is 539 g/mol. The molecule has 1 aromatic carbocycles. The second kappa shape index (κ2) is 9.72. The number of nitrogens with two attached hydrogens (primary N) is 1. The number of rotatable bonds is 6. The van der Waals surface area contributed by atoms with E-state index in [1.807, 2.05) is 19.0 Å². The Morgan fingerprint density at radius 3 is 2.36 bits per heavy atom. The van der Waals surface area contributed by atoms with Crippen molar-refractivity contribution in [2.24, 2.45) is 17.6 Å². The number of aromatic hydroxyl groups is 1. The normalized spacial score (nSPS) is 26.4. The van der Waals surface area contributed by atoms with E-state index in [0.717, 1.165) is 0 Å². The minimum absolute atomic E-state index is 0.0221. The zero-order valence-electron chi connectivity index (χ0n) is 22.6. The quantitative estimate of drug-likeness (QED) is 0.250. The summed E-state index contributed by atoms with van der Waals surface area (Å²) in [6.07, 6.45) is 5.66. The van der Waals surface area contributed by atoms with E-state index in [-0.39, 0.29) is 36.3 Å². The molecule has 0 fully saturated rings. The molecule has 0 saturated carbocycles. The summed E-state index contributed by atoms with van der Waals surface area (Å²) in [5, 5.41) is 45.3. The molecule has 0 unspecified atom stereocenters. The van der Waals surface area contributed by atoms with Crippen LogP contribution >= 0.6 is 0 Å². The van der Waals surface area contributed by atoms with Crippen LogP contribution in [0.25, 0.3) is 0 Å². The smallest absolute Gasteiger partial charge is 0.255 e. The van der Waals surface area contributed by atoms with E-state index in [4.69, 9.17) is 12.2 Å². The third-order valence-corrected chi connectivity index (χ3v) is 8.06. The Labute approximate surface area is 226 Å². The molecule has 11 heteroatoms. The molecule has 208 valence electrons. The highest BCUT2D eigenvalue weighted by atomic mass is 16.3. The third-order valence-electron chi connectivity index (χ3n) is 8.06. The number of hydrogen-bond acceptors (Lipinski definition) is 10. The van der Waals surface area contributed by atoms with Gasteiger partial charge in [-0.15, -0.1) is 6.42 Å². The third kappa shape index (κ3) is 4.07. The molecule has 1 amide bonds. The van der Waals surface area contributed by atoms with Crippen molar-refractivity contribution >= 4 is 23.2 Å². The van der Waals surface area contributed by atoms with Gasteiger partial charge >= 0.3 is 0 Å². The number of carbonyl (C=O) groups excluding carboxylic acids is 3. The van der Waals surface area contributed by atoms with E-state index in [0.29, 0.717) is 23.4 Å². The number of aliphatic hydroxyl groups is 3. The number of phenols is 1. The molecule has 11 nitrogen and oxygen atoms in total. The number of anilines is 1. The van der Waals surface area contributed by atoms with Gasteiger partial charge in [0.15, 0.2) is 11.4 Å². The molecule has 3 aliphatic carbocycles. The number of primary amides is 1. The van der Waals surface area contributed by atoms with Crippen molar-refractivity contribution in [2.45, 2.75) is 31.0 Å². The summed E-state index contributed by atoms with van der Waals surface area (Å²) in [5.41, 5.74) is 3.37. The van der Waals surface area contributed by atoms with E-state index < -0.39 is 58.0 Å². The van der Waals surface area contributed by atoms with Crippen LogP contribution in [-0.2, 0) is 22.6 Å². The maximum Gasteiger partial charge on any atom is 0.255 e. The number of terminal acetylenes is 1. The van der Waals surface area contributed by atoms with Crippen molar-refractivity contribution in [3.63, 3.8) is 0 Å². The predicted molar refractivity (Wildman–Crippen MR) is 143 cm³/mol. The fourth-order valence-electron chi connectivity index (χ4n) is 6.38. The van der Waals surface area contributed by atoms with Crippen LogP contribution in [0.2, 0.25) is 0 Å². The number of hydrogen-bond donors (Lipinski definition) is 5. The van der Waals surface area contributed by atoms with E-state index in [9.17, 15) is 34.8 Å². The van der Waals surface area contributed by atoms with Crippen molar-refractivity contribution in [3.8, 4) is 18.1 Å². The lowest BCUT2D eigenvalue weighted by atomic mass is 9.58. The van der Waals surface area contributed by atoms with Gasteiger partial charge in [0, 0.05) is 43.4 Å². The fourth-order valence-corrected chi connectivity index (χ4v) is 6.38. The number of aliphatic hydroxyl groups excluding tert-OH is 2. The number of fused-ring (bicyclic) bond motifs is 3. The van der Waals surface area contributed by atoms with Crippen molar-refractivity contribution in [1.29, 1.82) is 0 Å². The Kier molecular flexibility index (Phi) is 7.02. The lowest BCUT2D eigenvalue weighted by molar-refractivity contribution is -0.148. The Morgan fingerprint density at radius 2 is 1.82 bits per heavy atom. The minimum atomic E-state index is -2.67. The highest BCUT2D eigenvalue weighted by Gasteiger charge is 2.63. The first-order valence-corrected chi connectivity index (χ1v) is 12.5. The van der Waals surface area contributed by atoms with Gasteiger partial charge < -0.3 is 31.1 Å². The molecule has 0 bridgehead atoms. The highest BCUT2D eigenvalue weighted by molar-refractivity contribution is 6.24. The number of ketones is 2. The molecular weight excluding hydrogens is 504 g/mol. The Hall–Kier alpha value is -3.85. The van der Waals surface area contributed by atoms with Gasteiger partial charge in [-0.2, -0.15) is 0 Å². The summed E-state index contributed by atoms with van der Waals surface area (Å²) in [5.74, 6) is -4.18. The zero-order chi connectivity index (χ0) is 29.1. The topological polar surface area (TPSA) is 168 Å². The molecular formula is C28H34N4O7. The molecule has 6 N–H and O–H groups in total. The van der Waals surface area contributed by atoms with Crippen molar-refractivity contribution in [3.05, 3.63) is 45.4 Å². The summed E-state index contributed by atoms with van der Waals surface area (Å²) in [6.45, 7) is 0.550. The van der Waals surface area contributed by atoms with Crippen LogP contribution in [0.5, 0.6) is 5.75 Å². The van der Waals surface area contributed by atoms with Crippen molar-refractivity contribution in [1.82, 2.24) is 9.80 Å². The van der Waals surface area contributed by atoms with Gasteiger partial charge in [0.25, 0.3) is 5.91 Å². The summed E-state index contributed by atoms with van der Waals surface area (Å²) in [7, 11) is 8.57. The lowest BCUT2D eigenvalue weighted by Gasteiger charge is -2.50. The number of allylic oxidation sites excluding steroid dienone is 1. The highest BCUT2D eigenvalue weighted by Crippen LogP contribution is 2.53. The van der Waals surface area contributed by atoms with E-state index >= 15 is 0 Å². The van der Waals surface area contributed by atoms with Crippen LogP contribution in [0, 0.1) is 24.2 Å². The number of benzene rings is 1. The van der Waals surface area contributed by atoms with Gasteiger partial charge in [-0.05, 0) is 51.5 Å². The Morgan fingerprint density at radius 1 is 1.18 bits per heavy atom. The van der Waals surface area contributed by atoms with Gasteiger partial charge in [0.05, 0.1) is 18.2 Å². The maximum atomic E-state index is 14.0. The van der Waals surface area contributed by atoms with Crippen LogP contribution in [-0.4, -0.2) is 101 Å². The number of phenolic OH excluding ortho intramolecular Hbond substituents is 1. The van der Waals surface area contributed by atoms with Crippen molar-refractivity contribution < 1.29 is 34.8 Å². The Bertz CT molecular complexity index is 1390. The van der Waals surface area contributed by atoms with Crippen molar-refractivity contribution in [2.75, 3.05) is 46.7 Å². The Balaban J connectivity index is 1.95. The molecule has 39 heavy (non-hydrogen) atoms. The van der Waals surface area contributed by atoms with Gasteiger partial charge in [0.2, 0.25) is 5.78 Å². The first-order chi connectivity index (χ1) is 18.2. The number of Topliss-reactive ketones (excluding diaryl/α,β-unsaturated/α-hetero) is 2. The molecule has 0 radical (unpaired) electrons. The summed E-state index contributed by atoms with van der Waals surface area (Å²) in [6, 6.07) is 0.758. The lowest BCUT2D eigenvalue weighted by Crippen LogP contribution is -2.63. The van der Waals surface area contributed by atoms with Gasteiger partial charge in [0.1, 0.15) is 22.8 Å². The zero-order valence-corrected chi connectivity index (χ0v) is 22.6. The summed E-state index contributed by atoms with van der Waals surface area (Å²) >= 11 is 0. The fraction of sp³-hybridized carbons (Fsp3) is 0.464. The van der Waals surface area contributed by atoms with Crippen LogP contribution in [0.4, 0.5) is 5.69 Å². The molecule has 0 saturated heterocycles. The second-order valence-electron chi connectivity index (χ2n) is 11.0. The monoisotopic (exact) mass is 538 g/mol. The standard InChI is InChI=1S/C28H34N4O7/c1-7-8-32(6)12-14-11-17(30(2)3)15-9-13-10-16-21(31(4)5)24(35)20(27(29)38)26(37)28(16,39)25(36)18(13)23(34)19(15)22(14)33/h1,11,13,16,21,33,35-36,39H,8-10,12H2,2-6H3,(H2,29,38)/t13-,16-,21-,28-/m0/s1. The molecule has 4 rings (SSSR count). The molecule has 3 aliphatic rings. The number of amides is 1. The van der Waals surface area contributed by atoms with Gasteiger partial charge in [-0.25, -0.2) is 0 Å². The van der Waals surface area contributed by atoms with E-state index in [1.165, 1.54) is 4.90 Å². The van der Waals surface area contributed by atoms with E-state index in [2.05, 4.69) is 5.92 Å². The molecule has 4 atom stereocenters. The van der Waals surface area contributed by atoms with Crippen LogP contribution in [0.1, 0.15) is 27.9 Å². The van der Waals surface area contributed by atoms with Crippen LogP contribution < -0.4 is 10.6 Å². The first-order valence-electron chi connectivity index (χ1n) is 12.5. The minimum Gasteiger partial charge on any atom is -0.510 e. The van der Waals surface area contributed by atoms with Gasteiger partial charge in [-0.1, -0.05) is 5.92 Å². The largest absolute Gasteiger partial charge is 0.510 e. The van der Waals surface area contributed by atoms with Crippen LogP contribution in [0.3, 0.4) is 0 Å². The maximum absolute atomic E-state index is 14.0. The van der Waals surface area contributed by atoms with Gasteiger partial charge in [-0.3, -0.25) is 24.2 Å². The number of carbonyl (C=O) groups is 3. The predicted octanol–water partition coefficient (Wildman–Crippen LogP) is 0.252. The average Bonchev–Trinajstić information content (AvgIpc) is 2.82. The first kappa shape index (κ1) is 28.2. The second-order valence-corrected chi connectivity index (χ2v) is 11.0. The molecule has 0 spiro atoms. The molecule has 0 aliphatic heterocycles. The summed E-state index contributed by atoms with van der Waals surface area (Å²) in [4.78, 5) is 44.7. The summed E-state index contributed by atoms with van der Waals surface area (Å²) < 4.78 is 0.